The molecule has 1 aromatic carbocycles. The molecule has 0 saturated carbocycles. The van der Waals surface area contributed by atoms with E-state index in [1.165, 1.54) is 11.3 Å². The fourth-order valence-electron chi connectivity index (χ4n) is 2.66. The second kappa shape index (κ2) is 8.16. The van der Waals surface area contributed by atoms with Gasteiger partial charge in [0, 0.05) is 24.2 Å². The Kier molecular flexibility index (Phi) is 5.90. The van der Waals surface area contributed by atoms with Crippen LogP contribution >= 0.6 is 22.9 Å². The van der Waals surface area contributed by atoms with E-state index in [1.807, 2.05) is 12.1 Å². The summed E-state index contributed by atoms with van der Waals surface area (Å²) in [5.41, 5.74) is 1.50. The minimum absolute atomic E-state index is 0.222. The lowest BCUT2D eigenvalue weighted by Crippen LogP contribution is -2.38. The van der Waals surface area contributed by atoms with Crippen LogP contribution in [0.2, 0.25) is 5.02 Å². The van der Waals surface area contributed by atoms with Crippen molar-refractivity contribution in [2.75, 3.05) is 31.1 Å². The predicted octanol–water partition coefficient (Wildman–Crippen LogP) is 4.23. The predicted molar refractivity (Wildman–Crippen MR) is 105 cm³/mol. The average Bonchev–Trinajstić information content (AvgIpc) is 3.24. The maximum Gasteiger partial charge on any atom is 0.298 e. The van der Waals surface area contributed by atoms with E-state index < -0.39 is 0 Å². The van der Waals surface area contributed by atoms with Crippen molar-refractivity contribution in [3.63, 3.8) is 0 Å². The molecule has 0 N–H and O–H groups in total. The van der Waals surface area contributed by atoms with Crippen molar-refractivity contribution in [2.24, 2.45) is 0 Å². The number of likely N-dealkylation sites (N-methyl/N-ethyl adjacent to an activating group) is 1. The topological polar surface area (TPSA) is 62.5 Å². The number of anilines is 1. The Morgan fingerprint density at radius 1 is 1.23 bits per heavy atom. The Hall–Kier alpha value is -1.96. The Morgan fingerprint density at radius 2 is 2.00 bits per heavy atom. The highest BCUT2D eigenvalue weighted by Crippen LogP contribution is 2.31. The van der Waals surface area contributed by atoms with Crippen LogP contribution < -0.4 is 4.90 Å². The minimum Gasteiger partial charge on any atom is -0.351 e. The van der Waals surface area contributed by atoms with E-state index in [9.17, 15) is 4.79 Å². The number of rotatable bonds is 7. The number of halogens is 1. The highest BCUT2D eigenvalue weighted by atomic mass is 35.5. The van der Waals surface area contributed by atoms with Crippen molar-refractivity contribution in [1.29, 1.82) is 0 Å². The molecule has 0 aliphatic carbocycles. The summed E-state index contributed by atoms with van der Waals surface area (Å²) in [5, 5.41) is 5.11. The van der Waals surface area contributed by atoms with Gasteiger partial charge >= 0.3 is 0 Å². The zero-order chi connectivity index (χ0) is 18.7. The van der Waals surface area contributed by atoms with Crippen molar-refractivity contribution >= 4 is 44.2 Å². The van der Waals surface area contributed by atoms with Crippen LogP contribution in [0.15, 0.2) is 28.8 Å². The van der Waals surface area contributed by atoms with Crippen LogP contribution in [0.4, 0.5) is 5.13 Å². The van der Waals surface area contributed by atoms with Gasteiger partial charge in [0.25, 0.3) is 5.91 Å². The molecule has 0 saturated heterocycles. The molecule has 1 amide bonds. The first kappa shape index (κ1) is 18.8. The van der Waals surface area contributed by atoms with Gasteiger partial charge in [-0.3, -0.25) is 9.69 Å². The van der Waals surface area contributed by atoms with Gasteiger partial charge in [-0.2, -0.15) is 0 Å². The first-order valence-electron chi connectivity index (χ1n) is 8.55. The van der Waals surface area contributed by atoms with E-state index in [0.717, 1.165) is 29.9 Å². The molecule has 3 aromatic rings. The van der Waals surface area contributed by atoms with Gasteiger partial charge in [0.2, 0.25) is 5.76 Å². The highest BCUT2D eigenvalue weighted by Gasteiger charge is 2.25. The molecule has 0 spiro atoms. The largest absolute Gasteiger partial charge is 0.351 e. The lowest BCUT2D eigenvalue weighted by atomic mass is 10.3. The third kappa shape index (κ3) is 4.06. The average molecular weight is 393 g/mol. The molecular formula is C18H21ClN4O2S. The highest BCUT2D eigenvalue weighted by molar-refractivity contribution is 7.22. The number of hydrogen-bond donors (Lipinski definition) is 0. The molecule has 0 radical (unpaired) electrons. The summed E-state index contributed by atoms with van der Waals surface area (Å²) in [6, 6.07) is 7.18. The molecule has 0 atom stereocenters. The van der Waals surface area contributed by atoms with Crippen LogP contribution in [0.5, 0.6) is 0 Å². The number of fused-ring (bicyclic) bond motifs is 1. The second-order valence-electron chi connectivity index (χ2n) is 5.92. The number of aryl methyl sites for hydroxylation is 1. The van der Waals surface area contributed by atoms with E-state index in [-0.39, 0.29) is 11.7 Å². The second-order valence-corrected chi connectivity index (χ2v) is 7.37. The number of amides is 1. The molecular weight excluding hydrogens is 372 g/mol. The maximum atomic E-state index is 13.0. The molecule has 0 aliphatic rings. The molecule has 0 bridgehead atoms. The maximum absolute atomic E-state index is 13.0. The first-order chi connectivity index (χ1) is 12.5. The Balaban J connectivity index is 1.93. The summed E-state index contributed by atoms with van der Waals surface area (Å²) >= 11 is 7.52. The first-order valence-corrected chi connectivity index (χ1v) is 9.75. The van der Waals surface area contributed by atoms with Gasteiger partial charge < -0.3 is 9.42 Å². The summed E-state index contributed by atoms with van der Waals surface area (Å²) in [6.45, 7) is 9.13. The minimum atomic E-state index is -0.233. The molecule has 0 fully saturated rings. The number of carbonyl (C=O) groups excluding carboxylic acids is 1. The zero-order valence-electron chi connectivity index (χ0n) is 15.0. The monoisotopic (exact) mass is 392 g/mol. The van der Waals surface area contributed by atoms with Gasteiger partial charge in [0.15, 0.2) is 5.13 Å². The standard InChI is InChI=1S/C18H21ClN4O2S/c1-4-22(5-2)8-9-23(17(24)15-10-12(3)21-25-15)18-20-14-7-6-13(19)11-16(14)26-18/h6-7,10-11H,4-5,8-9H2,1-3H3. The third-order valence-electron chi connectivity index (χ3n) is 4.19. The van der Waals surface area contributed by atoms with E-state index >= 15 is 0 Å². The Morgan fingerprint density at radius 3 is 2.65 bits per heavy atom. The lowest BCUT2D eigenvalue weighted by molar-refractivity contribution is 0.0948. The van der Waals surface area contributed by atoms with Gasteiger partial charge in [-0.05, 0) is 38.2 Å². The molecule has 6 nitrogen and oxygen atoms in total. The van der Waals surface area contributed by atoms with Crippen molar-refractivity contribution in [2.45, 2.75) is 20.8 Å². The summed E-state index contributed by atoms with van der Waals surface area (Å²) < 4.78 is 6.13. The molecule has 0 unspecified atom stereocenters. The summed E-state index contributed by atoms with van der Waals surface area (Å²) in [5.74, 6) is -0.0118. The zero-order valence-corrected chi connectivity index (χ0v) is 16.6. The molecule has 138 valence electrons. The number of nitrogens with zero attached hydrogens (tertiary/aromatic N) is 4. The van der Waals surface area contributed by atoms with E-state index in [4.69, 9.17) is 16.1 Å². The fraction of sp³-hybridized carbons (Fsp3) is 0.389. The smallest absolute Gasteiger partial charge is 0.298 e. The van der Waals surface area contributed by atoms with E-state index in [0.29, 0.717) is 22.4 Å². The summed E-state index contributed by atoms with van der Waals surface area (Å²) in [6.07, 6.45) is 0. The van der Waals surface area contributed by atoms with Crippen molar-refractivity contribution in [1.82, 2.24) is 15.0 Å². The van der Waals surface area contributed by atoms with Crippen LogP contribution in [0.1, 0.15) is 30.1 Å². The lowest BCUT2D eigenvalue weighted by Gasteiger charge is -2.23. The van der Waals surface area contributed by atoms with Gasteiger partial charge in [-0.1, -0.05) is 41.9 Å². The van der Waals surface area contributed by atoms with Crippen LogP contribution in [0.25, 0.3) is 10.2 Å². The Labute approximate surface area is 161 Å². The SMILES string of the molecule is CCN(CC)CCN(C(=O)c1cc(C)no1)c1nc2ccc(Cl)cc2s1. The van der Waals surface area contributed by atoms with Crippen LogP contribution in [-0.4, -0.2) is 47.1 Å². The van der Waals surface area contributed by atoms with E-state index in [2.05, 4.69) is 28.9 Å². The quantitative estimate of drug-likeness (QED) is 0.602. The van der Waals surface area contributed by atoms with Crippen molar-refractivity contribution in [3.05, 3.63) is 40.7 Å². The molecule has 3 rings (SSSR count). The van der Waals surface area contributed by atoms with Crippen LogP contribution in [0.3, 0.4) is 0 Å². The van der Waals surface area contributed by atoms with Crippen LogP contribution in [0, 0.1) is 6.92 Å². The number of thiazole rings is 1. The molecule has 8 heteroatoms. The van der Waals surface area contributed by atoms with Crippen molar-refractivity contribution in [3.8, 4) is 0 Å². The molecule has 2 heterocycles. The third-order valence-corrected chi connectivity index (χ3v) is 5.46. The number of benzene rings is 1. The summed E-state index contributed by atoms with van der Waals surface area (Å²) in [4.78, 5) is 21.6. The van der Waals surface area contributed by atoms with E-state index in [1.54, 1.807) is 24.0 Å². The van der Waals surface area contributed by atoms with Gasteiger partial charge in [0.1, 0.15) is 0 Å². The summed E-state index contributed by atoms with van der Waals surface area (Å²) in [7, 11) is 0. The van der Waals surface area contributed by atoms with Crippen LogP contribution in [-0.2, 0) is 0 Å². The van der Waals surface area contributed by atoms with Gasteiger partial charge in [-0.15, -0.1) is 0 Å². The Bertz CT molecular complexity index is 904. The normalized spacial score (nSPS) is 11.4. The number of hydrogen-bond acceptors (Lipinski definition) is 6. The molecule has 0 aliphatic heterocycles. The number of aromatic nitrogens is 2. The van der Waals surface area contributed by atoms with Crippen molar-refractivity contribution < 1.29 is 9.32 Å². The molecule has 26 heavy (non-hydrogen) atoms. The number of carbonyl (C=O) groups is 1. The fourth-order valence-corrected chi connectivity index (χ4v) is 3.93. The molecule has 2 aromatic heterocycles. The van der Waals surface area contributed by atoms with Gasteiger partial charge in [-0.25, -0.2) is 4.98 Å². The van der Waals surface area contributed by atoms with Gasteiger partial charge in [0.05, 0.1) is 15.9 Å².